The maximum absolute atomic E-state index is 13.4. The van der Waals surface area contributed by atoms with Crippen molar-refractivity contribution in [1.29, 1.82) is 0 Å². The molecule has 0 atom stereocenters. The molecule has 8 nitrogen and oxygen atoms in total. The Bertz CT molecular complexity index is 1130. The smallest absolute Gasteiger partial charge is 0.254 e. The van der Waals surface area contributed by atoms with E-state index >= 15 is 0 Å². The first kappa shape index (κ1) is 23.7. The number of halogens is 1. The van der Waals surface area contributed by atoms with Gasteiger partial charge in [-0.1, -0.05) is 18.2 Å². The molecule has 1 aliphatic rings. The zero-order valence-electron chi connectivity index (χ0n) is 18.0. The lowest BCUT2D eigenvalue weighted by molar-refractivity contribution is 0.0956. The fraction of sp³-hybridized carbons (Fsp3) is 0.318. The van der Waals surface area contributed by atoms with Crippen molar-refractivity contribution in [3.8, 4) is 11.4 Å². The fourth-order valence-electron chi connectivity index (χ4n) is 3.08. The van der Waals surface area contributed by atoms with Gasteiger partial charge in [-0.15, -0.1) is 0 Å². The van der Waals surface area contributed by atoms with Crippen LogP contribution in [0.3, 0.4) is 0 Å². The van der Waals surface area contributed by atoms with Crippen LogP contribution in [-0.4, -0.2) is 62.9 Å². The molecule has 1 heterocycles. The molecule has 1 amide bonds. The number of carbonyl (C=O) groups is 1. The normalized spacial score (nSPS) is 14.1. The quantitative estimate of drug-likeness (QED) is 0.595. The van der Waals surface area contributed by atoms with Gasteiger partial charge < -0.3 is 10.2 Å². The highest BCUT2D eigenvalue weighted by molar-refractivity contribution is 7.93. The van der Waals surface area contributed by atoms with Gasteiger partial charge in [0.15, 0.2) is 5.82 Å². The van der Waals surface area contributed by atoms with E-state index in [1.807, 2.05) is 25.1 Å². The number of rotatable bonds is 9. The molecular weight excluding hydrogens is 433 g/mol. The monoisotopic (exact) mass is 459 g/mol. The number of likely N-dealkylation sites (N-methyl/N-ethyl adjacent to an activating group) is 1. The van der Waals surface area contributed by atoms with Gasteiger partial charge in [-0.2, -0.15) is 0 Å². The van der Waals surface area contributed by atoms with E-state index in [4.69, 9.17) is 0 Å². The summed E-state index contributed by atoms with van der Waals surface area (Å²) in [5.74, 6) is -0.462. The van der Waals surface area contributed by atoms with E-state index in [-0.39, 0.29) is 18.0 Å². The van der Waals surface area contributed by atoms with Crippen LogP contribution in [0, 0.1) is 5.82 Å². The van der Waals surface area contributed by atoms with Crippen LogP contribution < -0.4 is 10.0 Å². The van der Waals surface area contributed by atoms with Crippen LogP contribution in [0.2, 0.25) is 0 Å². The van der Waals surface area contributed by atoms with Gasteiger partial charge in [0.05, 0.1) is 10.5 Å². The SMILES string of the molecule is CN(C)CCNS(=O)(=O)C1=CC(CNC(=O)c2cnc(-c3cccc(F)c3)nc2)=CCC1. The van der Waals surface area contributed by atoms with E-state index < -0.39 is 15.8 Å². The molecule has 2 aromatic rings. The second kappa shape index (κ2) is 10.6. The number of allylic oxidation sites excluding steroid dienone is 2. The van der Waals surface area contributed by atoms with Gasteiger partial charge in [0.2, 0.25) is 10.0 Å². The molecule has 1 aromatic carbocycles. The van der Waals surface area contributed by atoms with Crippen molar-refractivity contribution in [3.05, 3.63) is 70.7 Å². The fourth-order valence-corrected chi connectivity index (χ4v) is 4.31. The standard InChI is InChI=1S/C22H26FN5O3S/c1-28(2)10-9-27-32(30,31)20-8-3-5-16(11-20)13-26-22(29)18-14-24-21(25-15-18)17-6-4-7-19(23)12-17/h4-7,11-12,14-15,27H,3,8-10,13H2,1-2H3,(H,26,29). The van der Waals surface area contributed by atoms with Gasteiger partial charge >= 0.3 is 0 Å². The number of hydrogen-bond donors (Lipinski definition) is 2. The molecule has 0 unspecified atom stereocenters. The summed E-state index contributed by atoms with van der Waals surface area (Å²) in [6.45, 7) is 1.11. The number of carbonyl (C=O) groups excluding carboxylic acids is 1. The molecule has 0 aliphatic heterocycles. The molecule has 0 spiro atoms. The van der Waals surface area contributed by atoms with Gasteiger partial charge in [-0.25, -0.2) is 27.5 Å². The Morgan fingerprint density at radius 3 is 2.66 bits per heavy atom. The minimum Gasteiger partial charge on any atom is -0.348 e. The lowest BCUT2D eigenvalue weighted by atomic mass is 10.1. The van der Waals surface area contributed by atoms with Gasteiger partial charge in [-0.3, -0.25) is 4.79 Å². The predicted octanol–water partition coefficient (Wildman–Crippen LogP) is 2.10. The van der Waals surface area contributed by atoms with Crippen molar-refractivity contribution < 1.29 is 17.6 Å². The predicted molar refractivity (Wildman–Crippen MR) is 121 cm³/mol. The molecule has 3 rings (SSSR count). The maximum atomic E-state index is 13.4. The molecule has 0 saturated heterocycles. The molecule has 0 fully saturated rings. The highest BCUT2D eigenvalue weighted by atomic mass is 32.2. The van der Waals surface area contributed by atoms with Crippen molar-refractivity contribution in [1.82, 2.24) is 24.9 Å². The number of amides is 1. The van der Waals surface area contributed by atoms with E-state index in [0.29, 0.717) is 42.2 Å². The molecule has 32 heavy (non-hydrogen) atoms. The third-order valence-electron chi connectivity index (χ3n) is 4.79. The number of aromatic nitrogens is 2. The molecular formula is C22H26FN5O3S. The van der Waals surface area contributed by atoms with Gasteiger partial charge in [0.25, 0.3) is 5.91 Å². The second-order valence-corrected chi connectivity index (χ2v) is 9.44. The third kappa shape index (κ3) is 6.52. The van der Waals surface area contributed by atoms with Crippen LogP contribution in [0.1, 0.15) is 23.2 Å². The summed E-state index contributed by atoms with van der Waals surface area (Å²) in [5, 5.41) is 2.75. The van der Waals surface area contributed by atoms with Crippen LogP contribution in [0.15, 0.2) is 59.3 Å². The molecule has 0 radical (unpaired) electrons. The Labute approximate surface area is 187 Å². The van der Waals surface area contributed by atoms with Crippen molar-refractivity contribution in [2.24, 2.45) is 0 Å². The summed E-state index contributed by atoms with van der Waals surface area (Å²) in [5.41, 5.74) is 1.49. The topological polar surface area (TPSA) is 104 Å². The molecule has 1 aliphatic carbocycles. The van der Waals surface area contributed by atoms with E-state index in [1.54, 1.807) is 18.2 Å². The summed E-state index contributed by atoms with van der Waals surface area (Å²) in [7, 11) is 0.193. The van der Waals surface area contributed by atoms with Crippen LogP contribution in [0.4, 0.5) is 4.39 Å². The van der Waals surface area contributed by atoms with Crippen molar-refractivity contribution in [2.45, 2.75) is 12.8 Å². The Hall–Kier alpha value is -2.95. The lowest BCUT2D eigenvalue weighted by Gasteiger charge is -2.16. The van der Waals surface area contributed by atoms with Crippen LogP contribution in [-0.2, 0) is 10.0 Å². The lowest BCUT2D eigenvalue weighted by Crippen LogP contribution is -2.32. The van der Waals surface area contributed by atoms with Crippen LogP contribution >= 0.6 is 0 Å². The Balaban J connectivity index is 1.59. The molecule has 2 N–H and O–H groups in total. The number of nitrogens with zero attached hydrogens (tertiary/aromatic N) is 3. The number of benzene rings is 1. The minimum absolute atomic E-state index is 0.182. The molecule has 1 aromatic heterocycles. The van der Waals surface area contributed by atoms with Crippen molar-refractivity contribution >= 4 is 15.9 Å². The molecule has 170 valence electrons. The first-order valence-corrected chi connectivity index (χ1v) is 11.6. The maximum Gasteiger partial charge on any atom is 0.254 e. The number of nitrogens with one attached hydrogen (secondary N) is 2. The van der Waals surface area contributed by atoms with Gasteiger partial charge in [-0.05, 0) is 50.7 Å². The molecule has 0 saturated carbocycles. The highest BCUT2D eigenvalue weighted by Gasteiger charge is 2.20. The molecule has 0 bridgehead atoms. The average Bonchev–Trinajstić information content (AvgIpc) is 2.77. The molecule has 10 heteroatoms. The Morgan fingerprint density at radius 1 is 1.22 bits per heavy atom. The summed E-state index contributed by atoms with van der Waals surface area (Å²) in [6, 6.07) is 5.89. The van der Waals surface area contributed by atoms with Crippen LogP contribution in [0.5, 0.6) is 0 Å². The zero-order chi connectivity index (χ0) is 23.1. The summed E-state index contributed by atoms with van der Waals surface area (Å²) in [6.07, 6.45) is 7.26. The number of hydrogen-bond acceptors (Lipinski definition) is 6. The zero-order valence-corrected chi connectivity index (χ0v) is 18.8. The van der Waals surface area contributed by atoms with E-state index in [0.717, 1.165) is 5.57 Å². The minimum atomic E-state index is -3.55. The second-order valence-electron chi connectivity index (χ2n) is 7.62. The van der Waals surface area contributed by atoms with E-state index in [1.165, 1.54) is 24.5 Å². The van der Waals surface area contributed by atoms with E-state index in [2.05, 4.69) is 20.0 Å². The number of sulfonamides is 1. The first-order valence-electron chi connectivity index (χ1n) is 10.1. The Kier molecular flexibility index (Phi) is 7.84. The first-order chi connectivity index (χ1) is 15.2. The summed E-state index contributed by atoms with van der Waals surface area (Å²) in [4.78, 5) is 22.9. The summed E-state index contributed by atoms with van der Waals surface area (Å²) >= 11 is 0. The van der Waals surface area contributed by atoms with Crippen LogP contribution in [0.25, 0.3) is 11.4 Å². The Morgan fingerprint density at radius 2 is 1.97 bits per heavy atom. The van der Waals surface area contributed by atoms with Gasteiger partial charge in [0, 0.05) is 37.6 Å². The van der Waals surface area contributed by atoms with Gasteiger partial charge in [0.1, 0.15) is 5.82 Å². The largest absolute Gasteiger partial charge is 0.348 e. The average molecular weight is 460 g/mol. The van der Waals surface area contributed by atoms with Crippen molar-refractivity contribution in [3.63, 3.8) is 0 Å². The third-order valence-corrected chi connectivity index (χ3v) is 6.39. The highest BCUT2D eigenvalue weighted by Crippen LogP contribution is 2.21. The van der Waals surface area contributed by atoms with Crippen molar-refractivity contribution in [2.75, 3.05) is 33.7 Å². The summed E-state index contributed by atoms with van der Waals surface area (Å²) < 4.78 is 40.9. The van der Waals surface area contributed by atoms with E-state index in [9.17, 15) is 17.6 Å².